The van der Waals surface area contributed by atoms with Crippen molar-refractivity contribution >= 4 is 34.7 Å². The van der Waals surface area contributed by atoms with Gasteiger partial charge in [-0.3, -0.25) is 9.78 Å². The number of amides is 1. The van der Waals surface area contributed by atoms with Gasteiger partial charge in [-0.15, -0.1) is 11.3 Å². The number of nitrogen functional groups attached to an aromatic ring is 1. The van der Waals surface area contributed by atoms with Gasteiger partial charge in [0.15, 0.2) is 0 Å². The summed E-state index contributed by atoms with van der Waals surface area (Å²) in [7, 11) is 1.70. The quantitative estimate of drug-likeness (QED) is 0.935. The number of nitrogens with two attached hydrogens (primary N) is 1. The third-order valence-electron chi connectivity index (χ3n) is 2.24. The van der Waals surface area contributed by atoms with Crippen molar-refractivity contribution in [3.63, 3.8) is 0 Å². The first-order valence-electron chi connectivity index (χ1n) is 5.13. The molecule has 5 nitrogen and oxygen atoms in total. The Morgan fingerprint density at radius 1 is 1.50 bits per heavy atom. The molecule has 0 unspecified atom stereocenters. The molecule has 0 fully saturated rings. The molecule has 2 rings (SSSR count). The molecule has 1 amide bonds. The van der Waals surface area contributed by atoms with Crippen molar-refractivity contribution < 1.29 is 4.79 Å². The fourth-order valence-electron chi connectivity index (χ4n) is 1.42. The number of anilines is 1. The van der Waals surface area contributed by atoms with Crippen molar-refractivity contribution in [2.24, 2.45) is 0 Å². The predicted molar refractivity (Wildman–Crippen MR) is 71.6 cm³/mol. The summed E-state index contributed by atoms with van der Waals surface area (Å²) in [5, 5.41) is 0. The van der Waals surface area contributed by atoms with Crippen LogP contribution in [0.25, 0.3) is 0 Å². The molecule has 2 N–H and O–H groups in total. The van der Waals surface area contributed by atoms with Crippen LogP contribution in [0.2, 0.25) is 4.34 Å². The van der Waals surface area contributed by atoms with Crippen LogP contribution in [0, 0.1) is 0 Å². The molecule has 0 aromatic carbocycles. The highest BCUT2D eigenvalue weighted by atomic mass is 35.5. The van der Waals surface area contributed by atoms with Gasteiger partial charge in [0.05, 0.1) is 23.3 Å². The Kier molecular flexibility index (Phi) is 3.78. The molecule has 0 saturated carbocycles. The molecule has 0 bridgehead atoms. The summed E-state index contributed by atoms with van der Waals surface area (Å²) in [6.07, 6.45) is 2.80. The summed E-state index contributed by atoms with van der Waals surface area (Å²) in [6, 6.07) is 3.70. The summed E-state index contributed by atoms with van der Waals surface area (Å²) >= 11 is 7.28. The Hall–Kier alpha value is -1.66. The Morgan fingerprint density at radius 2 is 2.28 bits per heavy atom. The van der Waals surface area contributed by atoms with Crippen LogP contribution in [0.15, 0.2) is 24.5 Å². The standard InChI is InChI=1S/C11H11ClN4OS/c1-16(6-7-2-3-9(12)18-7)11(17)8-4-14-5-10(13)15-8/h2-5H,6H2,1H3,(H2,13,15). The Balaban J connectivity index is 2.09. The Labute approximate surface area is 113 Å². The number of hydrogen-bond donors (Lipinski definition) is 1. The number of aromatic nitrogens is 2. The molecule has 18 heavy (non-hydrogen) atoms. The molecule has 0 radical (unpaired) electrons. The zero-order chi connectivity index (χ0) is 13.1. The van der Waals surface area contributed by atoms with Gasteiger partial charge in [0.2, 0.25) is 0 Å². The predicted octanol–water partition coefficient (Wildman–Crippen LogP) is 2.05. The molecular formula is C11H11ClN4OS. The smallest absolute Gasteiger partial charge is 0.274 e. The first-order chi connectivity index (χ1) is 8.56. The number of nitrogens with zero attached hydrogens (tertiary/aromatic N) is 3. The van der Waals surface area contributed by atoms with E-state index in [0.29, 0.717) is 10.9 Å². The van der Waals surface area contributed by atoms with Crippen LogP contribution in [-0.4, -0.2) is 27.8 Å². The highest BCUT2D eigenvalue weighted by molar-refractivity contribution is 7.16. The minimum absolute atomic E-state index is 0.223. The van der Waals surface area contributed by atoms with Gasteiger partial charge in [-0.2, -0.15) is 0 Å². The maximum absolute atomic E-state index is 12.0. The normalized spacial score (nSPS) is 10.3. The van der Waals surface area contributed by atoms with Crippen LogP contribution in [-0.2, 0) is 6.54 Å². The number of hydrogen-bond acceptors (Lipinski definition) is 5. The Morgan fingerprint density at radius 3 is 2.89 bits per heavy atom. The second-order valence-electron chi connectivity index (χ2n) is 3.70. The van der Waals surface area contributed by atoms with Gasteiger partial charge >= 0.3 is 0 Å². The molecule has 0 spiro atoms. The van der Waals surface area contributed by atoms with Crippen LogP contribution >= 0.6 is 22.9 Å². The van der Waals surface area contributed by atoms with E-state index in [1.54, 1.807) is 18.0 Å². The summed E-state index contributed by atoms with van der Waals surface area (Å²) in [6.45, 7) is 0.479. The highest BCUT2D eigenvalue weighted by Gasteiger charge is 2.14. The molecule has 2 heterocycles. The van der Waals surface area contributed by atoms with E-state index in [4.69, 9.17) is 17.3 Å². The molecule has 2 aromatic rings. The van der Waals surface area contributed by atoms with Gasteiger partial charge in [0.25, 0.3) is 5.91 Å². The summed E-state index contributed by atoms with van der Waals surface area (Å²) < 4.78 is 0.703. The topological polar surface area (TPSA) is 72.1 Å². The van der Waals surface area contributed by atoms with Crippen molar-refractivity contribution in [3.8, 4) is 0 Å². The molecule has 94 valence electrons. The zero-order valence-electron chi connectivity index (χ0n) is 9.63. The van der Waals surface area contributed by atoms with E-state index in [0.717, 1.165) is 4.88 Å². The van der Waals surface area contributed by atoms with Gasteiger partial charge in [0, 0.05) is 11.9 Å². The van der Waals surface area contributed by atoms with E-state index in [-0.39, 0.29) is 17.4 Å². The van der Waals surface area contributed by atoms with Crippen LogP contribution in [0.5, 0.6) is 0 Å². The Bertz CT molecular complexity index is 572. The number of thiophene rings is 1. The number of carbonyl (C=O) groups excluding carboxylic acids is 1. The van der Waals surface area contributed by atoms with Crippen molar-refractivity contribution in [1.29, 1.82) is 0 Å². The third-order valence-corrected chi connectivity index (χ3v) is 3.46. The lowest BCUT2D eigenvalue weighted by molar-refractivity contribution is 0.0780. The molecule has 0 atom stereocenters. The van der Waals surface area contributed by atoms with Gasteiger partial charge < -0.3 is 10.6 Å². The van der Waals surface area contributed by atoms with E-state index < -0.39 is 0 Å². The second kappa shape index (κ2) is 5.32. The summed E-state index contributed by atoms with van der Waals surface area (Å²) in [5.41, 5.74) is 5.73. The first-order valence-corrected chi connectivity index (χ1v) is 6.33. The van der Waals surface area contributed by atoms with Crippen molar-refractivity contribution in [1.82, 2.24) is 14.9 Å². The molecular weight excluding hydrogens is 272 g/mol. The van der Waals surface area contributed by atoms with Crippen LogP contribution in [0.1, 0.15) is 15.4 Å². The van der Waals surface area contributed by atoms with E-state index >= 15 is 0 Å². The van der Waals surface area contributed by atoms with Crippen molar-refractivity contribution in [2.45, 2.75) is 6.54 Å². The fraction of sp³-hybridized carbons (Fsp3) is 0.182. The van der Waals surface area contributed by atoms with Crippen molar-refractivity contribution in [2.75, 3.05) is 12.8 Å². The average Bonchev–Trinajstić information content (AvgIpc) is 2.73. The second-order valence-corrected chi connectivity index (χ2v) is 5.50. The third kappa shape index (κ3) is 2.96. The molecule has 7 heteroatoms. The van der Waals surface area contributed by atoms with E-state index in [1.807, 2.05) is 6.07 Å². The van der Waals surface area contributed by atoms with E-state index in [2.05, 4.69) is 9.97 Å². The molecule has 0 saturated heterocycles. The maximum atomic E-state index is 12.0. The fourth-order valence-corrected chi connectivity index (χ4v) is 2.56. The van der Waals surface area contributed by atoms with E-state index in [1.165, 1.54) is 23.7 Å². The number of rotatable bonds is 3. The van der Waals surface area contributed by atoms with E-state index in [9.17, 15) is 4.79 Å². The lowest BCUT2D eigenvalue weighted by Gasteiger charge is -2.15. The minimum Gasteiger partial charge on any atom is -0.382 e. The molecule has 2 aromatic heterocycles. The molecule has 0 aliphatic heterocycles. The maximum Gasteiger partial charge on any atom is 0.274 e. The van der Waals surface area contributed by atoms with Crippen LogP contribution < -0.4 is 5.73 Å². The SMILES string of the molecule is CN(Cc1ccc(Cl)s1)C(=O)c1cncc(N)n1. The summed E-state index contributed by atoms with van der Waals surface area (Å²) in [5.74, 6) is 0.00717. The summed E-state index contributed by atoms with van der Waals surface area (Å²) in [4.78, 5) is 22.4. The van der Waals surface area contributed by atoms with Gasteiger partial charge in [0.1, 0.15) is 11.5 Å². The molecule has 0 aliphatic carbocycles. The van der Waals surface area contributed by atoms with Crippen LogP contribution in [0.4, 0.5) is 5.82 Å². The lowest BCUT2D eigenvalue weighted by Crippen LogP contribution is -2.27. The first kappa shape index (κ1) is 12.8. The monoisotopic (exact) mass is 282 g/mol. The average molecular weight is 283 g/mol. The number of halogens is 1. The minimum atomic E-state index is -0.223. The van der Waals surface area contributed by atoms with Crippen LogP contribution in [0.3, 0.4) is 0 Å². The largest absolute Gasteiger partial charge is 0.382 e. The zero-order valence-corrected chi connectivity index (χ0v) is 11.2. The van der Waals surface area contributed by atoms with Gasteiger partial charge in [-0.25, -0.2) is 4.98 Å². The van der Waals surface area contributed by atoms with Gasteiger partial charge in [-0.1, -0.05) is 11.6 Å². The highest BCUT2D eigenvalue weighted by Crippen LogP contribution is 2.22. The number of carbonyl (C=O) groups is 1. The molecule has 0 aliphatic rings. The lowest BCUT2D eigenvalue weighted by atomic mass is 10.3. The van der Waals surface area contributed by atoms with Crippen molar-refractivity contribution in [3.05, 3.63) is 39.4 Å². The van der Waals surface area contributed by atoms with Gasteiger partial charge in [-0.05, 0) is 12.1 Å².